The van der Waals surface area contributed by atoms with Crippen LogP contribution >= 0.6 is 11.6 Å². The smallest absolute Gasteiger partial charge is 0.410 e. The van der Waals surface area contributed by atoms with Crippen molar-refractivity contribution in [2.75, 3.05) is 18.4 Å². The van der Waals surface area contributed by atoms with Crippen LogP contribution < -0.4 is 5.32 Å². The summed E-state index contributed by atoms with van der Waals surface area (Å²) in [5.74, 6) is 0.661. The van der Waals surface area contributed by atoms with Crippen molar-refractivity contribution in [2.24, 2.45) is 0 Å². The van der Waals surface area contributed by atoms with Crippen molar-refractivity contribution in [3.8, 4) is 0 Å². The zero-order valence-corrected chi connectivity index (χ0v) is 11.9. The Morgan fingerprint density at radius 3 is 2.74 bits per heavy atom. The van der Waals surface area contributed by atoms with Crippen LogP contribution in [-0.4, -0.2) is 45.7 Å². The van der Waals surface area contributed by atoms with E-state index in [1.165, 1.54) is 6.33 Å². The summed E-state index contributed by atoms with van der Waals surface area (Å²) in [7, 11) is 0. The molecule has 1 fully saturated rings. The molecule has 2 heterocycles. The van der Waals surface area contributed by atoms with E-state index < -0.39 is 5.60 Å². The highest BCUT2D eigenvalue weighted by Crippen LogP contribution is 2.18. The fourth-order valence-electron chi connectivity index (χ4n) is 1.67. The van der Waals surface area contributed by atoms with Gasteiger partial charge in [0.15, 0.2) is 0 Å². The van der Waals surface area contributed by atoms with E-state index in [-0.39, 0.29) is 12.1 Å². The summed E-state index contributed by atoms with van der Waals surface area (Å²) in [4.78, 5) is 21.2. The summed E-state index contributed by atoms with van der Waals surface area (Å²) in [6.45, 7) is 6.74. The Bertz CT molecular complexity index is 469. The van der Waals surface area contributed by atoms with Crippen LogP contribution in [0.4, 0.5) is 10.6 Å². The molecule has 0 radical (unpaired) electrons. The van der Waals surface area contributed by atoms with Crippen LogP contribution in [0.25, 0.3) is 0 Å². The van der Waals surface area contributed by atoms with Crippen molar-refractivity contribution in [1.29, 1.82) is 0 Å². The third-order valence-electron chi connectivity index (χ3n) is 2.52. The van der Waals surface area contributed by atoms with E-state index in [0.717, 1.165) is 0 Å². The number of aromatic nitrogens is 2. The maximum atomic E-state index is 11.7. The number of nitrogens with zero attached hydrogens (tertiary/aromatic N) is 3. The van der Waals surface area contributed by atoms with Gasteiger partial charge in [0.25, 0.3) is 0 Å². The molecule has 1 aromatic heterocycles. The number of anilines is 1. The van der Waals surface area contributed by atoms with Gasteiger partial charge in [-0.3, -0.25) is 0 Å². The zero-order chi connectivity index (χ0) is 14.0. The Morgan fingerprint density at radius 2 is 2.16 bits per heavy atom. The first-order chi connectivity index (χ1) is 8.83. The molecule has 1 aromatic rings. The van der Waals surface area contributed by atoms with Gasteiger partial charge in [-0.15, -0.1) is 0 Å². The average molecular weight is 285 g/mol. The van der Waals surface area contributed by atoms with Crippen LogP contribution in [0, 0.1) is 0 Å². The fourth-order valence-corrected chi connectivity index (χ4v) is 1.81. The molecule has 1 aliphatic heterocycles. The van der Waals surface area contributed by atoms with Gasteiger partial charge < -0.3 is 15.0 Å². The van der Waals surface area contributed by atoms with Gasteiger partial charge in [0.05, 0.1) is 6.04 Å². The molecule has 7 heteroatoms. The maximum absolute atomic E-state index is 11.7. The number of amides is 1. The summed E-state index contributed by atoms with van der Waals surface area (Å²) in [5, 5.41) is 3.57. The molecule has 1 amide bonds. The lowest BCUT2D eigenvalue weighted by Crippen LogP contribution is -2.58. The third kappa shape index (κ3) is 3.96. The Morgan fingerprint density at radius 1 is 1.47 bits per heavy atom. The lowest BCUT2D eigenvalue weighted by Gasteiger charge is -2.40. The zero-order valence-electron chi connectivity index (χ0n) is 11.2. The van der Waals surface area contributed by atoms with Gasteiger partial charge in [0, 0.05) is 19.2 Å². The Hall–Kier alpha value is -1.56. The third-order valence-corrected chi connectivity index (χ3v) is 2.73. The number of hydrogen-bond acceptors (Lipinski definition) is 5. The van der Waals surface area contributed by atoms with Gasteiger partial charge in [-0.1, -0.05) is 11.6 Å². The number of carbonyl (C=O) groups excluding carboxylic acids is 1. The number of ether oxygens (including phenoxy) is 1. The van der Waals surface area contributed by atoms with Gasteiger partial charge in [0.1, 0.15) is 22.9 Å². The first kappa shape index (κ1) is 13.9. The van der Waals surface area contributed by atoms with Crippen LogP contribution in [-0.2, 0) is 4.74 Å². The molecule has 0 atom stereocenters. The summed E-state index contributed by atoms with van der Waals surface area (Å²) in [5.41, 5.74) is -0.463. The second-order valence-electron chi connectivity index (χ2n) is 5.45. The minimum absolute atomic E-state index is 0.165. The molecule has 0 bridgehead atoms. The van der Waals surface area contributed by atoms with Crippen LogP contribution in [0.2, 0.25) is 5.15 Å². The Labute approximate surface area is 117 Å². The molecule has 2 rings (SSSR count). The van der Waals surface area contributed by atoms with E-state index in [9.17, 15) is 4.79 Å². The number of nitrogens with one attached hydrogen (secondary N) is 1. The summed E-state index contributed by atoms with van der Waals surface area (Å²) in [6.07, 6.45) is 1.11. The van der Waals surface area contributed by atoms with Crippen LogP contribution in [0.5, 0.6) is 0 Å². The van der Waals surface area contributed by atoms with Crippen molar-refractivity contribution in [3.63, 3.8) is 0 Å². The highest BCUT2D eigenvalue weighted by molar-refractivity contribution is 6.29. The summed E-state index contributed by atoms with van der Waals surface area (Å²) < 4.78 is 5.27. The van der Waals surface area contributed by atoms with Gasteiger partial charge in [-0.2, -0.15) is 0 Å². The normalized spacial score (nSPS) is 15.9. The molecular weight excluding hydrogens is 268 g/mol. The predicted octanol–water partition coefficient (Wildman–Crippen LogP) is 2.16. The number of hydrogen-bond donors (Lipinski definition) is 1. The van der Waals surface area contributed by atoms with E-state index in [1.54, 1.807) is 11.0 Å². The lowest BCUT2D eigenvalue weighted by atomic mass is 10.1. The van der Waals surface area contributed by atoms with Crippen molar-refractivity contribution in [1.82, 2.24) is 14.9 Å². The van der Waals surface area contributed by atoms with Crippen molar-refractivity contribution in [3.05, 3.63) is 17.5 Å². The number of halogens is 1. The van der Waals surface area contributed by atoms with Crippen LogP contribution in [0.1, 0.15) is 20.8 Å². The van der Waals surface area contributed by atoms with E-state index in [4.69, 9.17) is 16.3 Å². The van der Waals surface area contributed by atoms with Crippen LogP contribution in [0.3, 0.4) is 0 Å². The minimum Gasteiger partial charge on any atom is -0.444 e. The molecular formula is C12H17ClN4O2. The molecule has 6 nitrogen and oxygen atoms in total. The SMILES string of the molecule is CC(C)(C)OC(=O)N1CC(Nc2cc(Cl)ncn2)C1. The predicted molar refractivity (Wildman–Crippen MR) is 72.3 cm³/mol. The summed E-state index contributed by atoms with van der Waals surface area (Å²) >= 11 is 5.77. The molecule has 1 N–H and O–H groups in total. The number of carbonyl (C=O) groups is 1. The van der Waals surface area contributed by atoms with Crippen LogP contribution in [0.15, 0.2) is 12.4 Å². The highest BCUT2D eigenvalue weighted by atomic mass is 35.5. The summed E-state index contributed by atoms with van der Waals surface area (Å²) in [6, 6.07) is 1.82. The van der Waals surface area contributed by atoms with E-state index in [2.05, 4.69) is 15.3 Å². The van der Waals surface area contributed by atoms with Crippen molar-refractivity contribution >= 4 is 23.5 Å². The molecule has 0 aromatic carbocycles. The Balaban J connectivity index is 1.79. The standard InChI is InChI=1S/C12H17ClN4O2/c1-12(2,3)19-11(18)17-5-8(6-17)16-10-4-9(13)14-7-15-10/h4,7-8H,5-6H2,1-3H3,(H,14,15,16). The minimum atomic E-state index is -0.463. The monoisotopic (exact) mass is 284 g/mol. The topological polar surface area (TPSA) is 67.3 Å². The first-order valence-electron chi connectivity index (χ1n) is 6.05. The van der Waals surface area contributed by atoms with Gasteiger partial charge in [-0.05, 0) is 20.8 Å². The molecule has 0 saturated carbocycles. The lowest BCUT2D eigenvalue weighted by molar-refractivity contribution is 0.0104. The van der Waals surface area contributed by atoms with E-state index in [1.807, 2.05) is 20.8 Å². The molecule has 0 spiro atoms. The quantitative estimate of drug-likeness (QED) is 0.843. The molecule has 104 valence electrons. The number of likely N-dealkylation sites (tertiary alicyclic amines) is 1. The van der Waals surface area contributed by atoms with Crippen molar-refractivity contribution in [2.45, 2.75) is 32.4 Å². The molecule has 0 aliphatic carbocycles. The maximum Gasteiger partial charge on any atom is 0.410 e. The largest absolute Gasteiger partial charge is 0.444 e. The average Bonchev–Trinajstić information content (AvgIpc) is 2.20. The second kappa shape index (κ2) is 5.21. The molecule has 1 aliphatic rings. The van der Waals surface area contributed by atoms with Crippen molar-refractivity contribution < 1.29 is 9.53 Å². The number of rotatable bonds is 2. The highest BCUT2D eigenvalue weighted by Gasteiger charge is 2.33. The molecule has 19 heavy (non-hydrogen) atoms. The molecule has 0 unspecified atom stereocenters. The van der Waals surface area contributed by atoms with Gasteiger partial charge in [0.2, 0.25) is 0 Å². The first-order valence-corrected chi connectivity index (χ1v) is 6.43. The fraction of sp³-hybridized carbons (Fsp3) is 0.583. The van der Waals surface area contributed by atoms with Gasteiger partial charge >= 0.3 is 6.09 Å². The second-order valence-corrected chi connectivity index (χ2v) is 5.84. The van der Waals surface area contributed by atoms with E-state index in [0.29, 0.717) is 24.1 Å². The molecule has 1 saturated heterocycles. The van der Waals surface area contributed by atoms with Gasteiger partial charge in [-0.25, -0.2) is 14.8 Å². The van der Waals surface area contributed by atoms with E-state index >= 15 is 0 Å². The Kier molecular flexibility index (Phi) is 3.80.